The molecule has 0 fully saturated rings. The summed E-state index contributed by atoms with van der Waals surface area (Å²) in [5.74, 6) is -0.223. The summed E-state index contributed by atoms with van der Waals surface area (Å²) in [6.07, 6.45) is -0.0396. The monoisotopic (exact) mass is 433 g/mol. The zero-order chi connectivity index (χ0) is 22.6. The van der Waals surface area contributed by atoms with Gasteiger partial charge in [-0.2, -0.15) is 0 Å². The van der Waals surface area contributed by atoms with E-state index in [0.29, 0.717) is 11.1 Å². The fourth-order valence-corrected chi connectivity index (χ4v) is 4.62. The van der Waals surface area contributed by atoms with E-state index in [1.54, 1.807) is 0 Å². The van der Waals surface area contributed by atoms with Crippen LogP contribution in [0.25, 0.3) is 0 Å². The highest BCUT2D eigenvalue weighted by atomic mass is 32.2. The Bertz CT molecular complexity index is 997. The smallest absolute Gasteiger partial charge is 0.264 e. The zero-order valence-corrected chi connectivity index (χ0v) is 19.0. The van der Waals surface area contributed by atoms with Gasteiger partial charge in [0.1, 0.15) is 0 Å². The van der Waals surface area contributed by atoms with Crippen LogP contribution in [-0.2, 0) is 34.5 Å². The molecule has 6 nitrogen and oxygen atoms in total. The Kier molecular flexibility index (Phi) is 7.80. The van der Waals surface area contributed by atoms with Gasteiger partial charge in [-0.1, -0.05) is 51.5 Å². The van der Waals surface area contributed by atoms with Gasteiger partial charge in [-0.15, -0.1) is 0 Å². The van der Waals surface area contributed by atoms with Crippen molar-refractivity contribution in [3.63, 3.8) is 0 Å². The van der Waals surface area contributed by atoms with Crippen LogP contribution >= 0.6 is 0 Å². The first kappa shape index (κ1) is 24.1. The Balaban J connectivity index is 2.35. The molecule has 2 aromatic carbocycles. The van der Waals surface area contributed by atoms with Gasteiger partial charge in [0.05, 0.1) is 24.5 Å². The van der Waals surface area contributed by atoms with Crippen LogP contribution in [0.2, 0.25) is 0 Å². The average Bonchev–Trinajstić information content (AvgIpc) is 2.67. The average molecular weight is 434 g/mol. The number of hydrogen-bond acceptors (Lipinski definition) is 5. The summed E-state index contributed by atoms with van der Waals surface area (Å²) in [6.45, 7) is 9.50. The molecule has 0 unspecified atom stereocenters. The molecule has 0 aromatic heterocycles. The third-order valence-electron chi connectivity index (χ3n) is 5.12. The molecule has 0 spiro atoms. The van der Waals surface area contributed by atoms with Crippen LogP contribution in [0.4, 0.5) is 0 Å². The molecule has 0 saturated heterocycles. The number of benzene rings is 2. The van der Waals surface area contributed by atoms with Gasteiger partial charge >= 0.3 is 0 Å². The van der Waals surface area contributed by atoms with Gasteiger partial charge in [0, 0.05) is 0 Å². The molecule has 7 heteroatoms. The molecular formula is C23H31NO5S. The molecule has 3 N–H and O–H groups in total. The first-order chi connectivity index (χ1) is 14.0. The minimum absolute atomic E-state index is 0.0396. The number of nitrogens with one attached hydrogen (secondary N) is 1. The molecule has 0 heterocycles. The van der Waals surface area contributed by atoms with Crippen molar-refractivity contribution in [2.75, 3.05) is 0 Å². The number of aliphatic hydroxyl groups excluding tert-OH is 2. The molecular weight excluding hydrogens is 402 g/mol. The van der Waals surface area contributed by atoms with Crippen molar-refractivity contribution in [2.45, 2.75) is 71.0 Å². The number of carbonyl (C=O) groups excluding carboxylic acids is 1. The number of hydrogen-bond donors (Lipinski definition) is 3. The fourth-order valence-electron chi connectivity index (χ4n) is 3.58. The summed E-state index contributed by atoms with van der Waals surface area (Å²) >= 11 is 0. The summed E-state index contributed by atoms with van der Waals surface area (Å²) in [5, 5.41) is 18.7. The van der Waals surface area contributed by atoms with Crippen molar-refractivity contribution in [3.8, 4) is 0 Å². The Morgan fingerprint density at radius 2 is 1.47 bits per heavy atom. The molecule has 2 aromatic rings. The number of rotatable bonds is 8. The van der Waals surface area contributed by atoms with Gasteiger partial charge in [0.15, 0.2) is 0 Å². The third-order valence-corrected chi connectivity index (χ3v) is 6.49. The Morgan fingerprint density at radius 3 is 1.93 bits per heavy atom. The Morgan fingerprint density at radius 1 is 0.933 bits per heavy atom. The quantitative estimate of drug-likeness (QED) is 0.593. The second-order valence-corrected chi connectivity index (χ2v) is 9.87. The van der Waals surface area contributed by atoms with Crippen molar-refractivity contribution >= 4 is 15.9 Å². The second-order valence-electron chi connectivity index (χ2n) is 8.18. The maximum absolute atomic E-state index is 12.7. The van der Waals surface area contributed by atoms with E-state index < -0.39 is 22.5 Å². The largest absolute Gasteiger partial charge is 0.392 e. The summed E-state index contributed by atoms with van der Waals surface area (Å²) in [7, 11) is -4.10. The predicted molar refractivity (Wildman–Crippen MR) is 117 cm³/mol. The summed E-state index contributed by atoms with van der Waals surface area (Å²) in [5.41, 5.74) is 4.80. The fraction of sp³-hybridized carbons (Fsp3) is 0.435. The first-order valence-corrected chi connectivity index (χ1v) is 11.5. The zero-order valence-electron chi connectivity index (χ0n) is 18.2. The lowest BCUT2D eigenvalue weighted by Gasteiger charge is -2.21. The Hall–Kier alpha value is -2.22. The van der Waals surface area contributed by atoms with E-state index >= 15 is 0 Å². The molecule has 0 bridgehead atoms. The van der Waals surface area contributed by atoms with E-state index in [1.165, 1.54) is 18.2 Å². The topological polar surface area (TPSA) is 104 Å². The van der Waals surface area contributed by atoms with Gasteiger partial charge in [0.2, 0.25) is 5.91 Å². The summed E-state index contributed by atoms with van der Waals surface area (Å²) < 4.78 is 27.6. The lowest BCUT2D eigenvalue weighted by atomic mass is 9.85. The standard InChI is InChI=1S/C23H31NO5S/c1-14(2)20-8-16(5)9-21(15(3)4)22(20)11-23(27)24-30(28,29)19-7-6-17(12-25)18(10-19)13-26/h6-10,14-15,25-26H,11-13H2,1-5H3,(H,24,27). The highest BCUT2D eigenvalue weighted by Crippen LogP contribution is 2.30. The molecule has 2 rings (SSSR count). The molecule has 0 saturated carbocycles. The SMILES string of the molecule is Cc1cc(C(C)C)c(CC(=O)NS(=O)(=O)c2ccc(CO)c(CO)c2)c(C(C)C)c1. The normalized spacial score (nSPS) is 11.9. The predicted octanol–water partition coefficient (Wildman–Crippen LogP) is 3.27. The third kappa shape index (κ3) is 5.47. The molecule has 0 aliphatic heterocycles. The number of aryl methyl sites for hydroxylation is 1. The van der Waals surface area contributed by atoms with E-state index in [1.807, 2.05) is 6.92 Å². The second kappa shape index (κ2) is 9.73. The van der Waals surface area contributed by atoms with Gasteiger partial charge in [-0.25, -0.2) is 13.1 Å². The minimum atomic E-state index is -4.10. The number of aliphatic hydroxyl groups is 2. The van der Waals surface area contributed by atoms with Gasteiger partial charge in [-0.3, -0.25) is 4.79 Å². The summed E-state index contributed by atoms with van der Waals surface area (Å²) in [4.78, 5) is 12.6. The van der Waals surface area contributed by atoms with Gasteiger partial charge in [0.25, 0.3) is 10.0 Å². The molecule has 164 valence electrons. The van der Waals surface area contributed by atoms with Crippen LogP contribution in [-0.4, -0.2) is 24.5 Å². The van der Waals surface area contributed by atoms with E-state index in [9.17, 15) is 23.4 Å². The summed E-state index contributed by atoms with van der Waals surface area (Å²) in [6, 6.07) is 8.11. The van der Waals surface area contributed by atoms with Crippen LogP contribution in [0, 0.1) is 6.92 Å². The van der Waals surface area contributed by atoms with Gasteiger partial charge < -0.3 is 10.2 Å². The number of carbonyl (C=O) groups is 1. The molecule has 0 atom stereocenters. The molecule has 0 aliphatic rings. The van der Waals surface area contributed by atoms with Crippen molar-refractivity contribution in [1.82, 2.24) is 4.72 Å². The maximum Gasteiger partial charge on any atom is 0.264 e. The maximum atomic E-state index is 12.7. The van der Waals surface area contributed by atoms with Crippen LogP contribution in [0.5, 0.6) is 0 Å². The van der Waals surface area contributed by atoms with E-state index in [4.69, 9.17) is 0 Å². The van der Waals surface area contributed by atoms with E-state index in [-0.39, 0.29) is 29.8 Å². The molecule has 30 heavy (non-hydrogen) atoms. The van der Waals surface area contributed by atoms with Crippen molar-refractivity contribution in [1.29, 1.82) is 0 Å². The highest BCUT2D eigenvalue weighted by molar-refractivity contribution is 7.90. The van der Waals surface area contributed by atoms with Crippen molar-refractivity contribution in [2.24, 2.45) is 0 Å². The van der Waals surface area contributed by atoms with E-state index in [2.05, 4.69) is 44.5 Å². The van der Waals surface area contributed by atoms with Crippen LogP contribution in [0.3, 0.4) is 0 Å². The molecule has 0 radical (unpaired) electrons. The number of amides is 1. The van der Waals surface area contributed by atoms with Gasteiger partial charge in [-0.05, 0) is 58.7 Å². The first-order valence-electron chi connectivity index (χ1n) is 10.0. The van der Waals surface area contributed by atoms with E-state index in [0.717, 1.165) is 22.3 Å². The molecule has 0 aliphatic carbocycles. The van der Waals surface area contributed by atoms with Crippen LogP contribution in [0.1, 0.15) is 72.9 Å². The Labute approximate surface area is 179 Å². The molecule has 1 amide bonds. The van der Waals surface area contributed by atoms with Crippen molar-refractivity contribution in [3.05, 3.63) is 63.7 Å². The number of sulfonamides is 1. The van der Waals surface area contributed by atoms with Crippen LogP contribution in [0.15, 0.2) is 35.2 Å². The van der Waals surface area contributed by atoms with Crippen LogP contribution < -0.4 is 4.72 Å². The highest BCUT2D eigenvalue weighted by Gasteiger charge is 2.22. The lowest BCUT2D eigenvalue weighted by molar-refractivity contribution is -0.118. The lowest BCUT2D eigenvalue weighted by Crippen LogP contribution is -2.32. The van der Waals surface area contributed by atoms with Crippen molar-refractivity contribution < 1.29 is 23.4 Å². The minimum Gasteiger partial charge on any atom is -0.392 e.